The molecule has 1 saturated carbocycles. The van der Waals surface area contributed by atoms with Gasteiger partial charge in [-0.1, -0.05) is 43.0 Å². The number of carbonyl (C=O) groups excluding carboxylic acids is 1. The van der Waals surface area contributed by atoms with Crippen LogP contribution in [0.2, 0.25) is 5.02 Å². The van der Waals surface area contributed by atoms with Crippen LogP contribution in [0.5, 0.6) is 5.75 Å². The molecule has 29 heavy (non-hydrogen) atoms. The highest BCUT2D eigenvalue weighted by molar-refractivity contribution is 6.30. The molecule has 3 nitrogen and oxygen atoms in total. The van der Waals surface area contributed by atoms with Crippen molar-refractivity contribution in [2.24, 2.45) is 0 Å². The second-order valence-corrected chi connectivity index (χ2v) is 7.68. The summed E-state index contributed by atoms with van der Waals surface area (Å²) in [6, 6.07) is 10.7. The van der Waals surface area contributed by atoms with Crippen molar-refractivity contribution in [3.8, 4) is 5.75 Å². The minimum Gasteiger partial charge on any atom is -0.493 e. The summed E-state index contributed by atoms with van der Waals surface area (Å²) in [6.45, 7) is 1.74. The molecule has 2 aromatic rings. The average molecular weight is 426 g/mol. The van der Waals surface area contributed by atoms with Crippen LogP contribution in [0, 0.1) is 0 Å². The van der Waals surface area contributed by atoms with Crippen molar-refractivity contribution >= 4 is 23.2 Å². The molecule has 156 valence electrons. The van der Waals surface area contributed by atoms with E-state index in [-0.39, 0.29) is 24.0 Å². The minimum atomic E-state index is -4.58. The van der Waals surface area contributed by atoms with Crippen molar-refractivity contribution in [1.82, 2.24) is 0 Å². The van der Waals surface area contributed by atoms with E-state index < -0.39 is 17.2 Å². The van der Waals surface area contributed by atoms with Crippen LogP contribution in [0.3, 0.4) is 0 Å². The van der Waals surface area contributed by atoms with Crippen molar-refractivity contribution in [2.45, 2.75) is 50.6 Å². The molecule has 0 bridgehead atoms. The van der Waals surface area contributed by atoms with Crippen LogP contribution in [-0.4, -0.2) is 12.5 Å². The predicted octanol–water partition coefficient (Wildman–Crippen LogP) is 6.60. The van der Waals surface area contributed by atoms with Crippen LogP contribution in [0.1, 0.15) is 50.2 Å². The number of anilines is 1. The third kappa shape index (κ3) is 4.69. The van der Waals surface area contributed by atoms with Crippen LogP contribution in [0.25, 0.3) is 0 Å². The normalized spacial score (nSPS) is 16.3. The molecule has 1 aliphatic carbocycles. The third-order valence-electron chi connectivity index (χ3n) is 5.38. The van der Waals surface area contributed by atoms with Gasteiger partial charge in [0.05, 0.1) is 17.6 Å². The van der Waals surface area contributed by atoms with E-state index in [9.17, 15) is 18.0 Å². The molecule has 1 N–H and O–H groups in total. The van der Waals surface area contributed by atoms with Gasteiger partial charge in [0.15, 0.2) is 0 Å². The van der Waals surface area contributed by atoms with Gasteiger partial charge in [-0.3, -0.25) is 4.79 Å². The molecule has 0 heterocycles. The lowest BCUT2D eigenvalue weighted by Gasteiger charge is -2.36. The third-order valence-corrected chi connectivity index (χ3v) is 5.63. The molecule has 0 radical (unpaired) electrons. The predicted molar refractivity (Wildman–Crippen MR) is 107 cm³/mol. The van der Waals surface area contributed by atoms with E-state index in [2.05, 4.69) is 5.32 Å². The largest absolute Gasteiger partial charge is 0.493 e. The fourth-order valence-electron chi connectivity index (χ4n) is 3.93. The zero-order chi connectivity index (χ0) is 21.1. The number of hydrogen-bond donors (Lipinski definition) is 1. The second-order valence-electron chi connectivity index (χ2n) is 7.25. The van der Waals surface area contributed by atoms with Gasteiger partial charge in [0, 0.05) is 10.7 Å². The standard InChI is InChI=1S/C22H23ClF3NO2/c1-2-29-19-11-10-17(14-18(19)22(24,25)26)27-20(28)21(12-4-3-5-13-21)15-6-8-16(23)9-7-15/h6-11,14H,2-5,12-13H2,1H3,(H,27,28). The van der Waals surface area contributed by atoms with E-state index in [1.807, 2.05) is 12.1 Å². The smallest absolute Gasteiger partial charge is 0.420 e. The molecule has 7 heteroatoms. The lowest BCUT2D eigenvalue weighted by atomic mass is 9.68. The highest BCUT2D eigenvalue weighted by atomic mass is 35.5. The van der Waals surface area contributed by atoms with Crippen molar-refractivity contribution in [1.29, 1.82) is 0 Å². The number of hydrogen-bond acceptors (Lipinski definition) is 2. The quantitative estimate of drug-likeness (QED) is 0.586. The summed E-state index contributed by atoms with van der Waals surface area (Å²) in [5.74, 6) is -0.542. The molecule has 2 aromatic carbocycles. The average Bonchev–Trinajstić information content (AvgIpc) is 2.69. The van der Waals surface area contributed by atoms with Crippen LogP contribution in [0.15, 0.2) is 42.5 Å². The number of nitrogens with one attached hydrogen (secondary N) is 1. The summed E-state index contributed by atoms with van der Waals surface area (Å²) in [5.41, 5.74) is -0.744. The van der Waals surface area contributed by atoms with Crippen LogP contribution in [0.4, 0.5) is 18.9 Å². The van der Waals surface area contributed by atoms with Crippen LogP contribution >= 0.6 is 11.6 Å². The molecule has 0 aromatic heterocycles. The first-order chi connectivity index (χ1) is 13.8. The SMILES string of the molecule is CCOc1ccc(NC(=O)C2(c3ccc(Cl)cc3)CCCCC2)cc1C(F)(F)F. The molecular formula is C22H23ClF3NO2. The first-order valence-corrected chi connectivity index (χ1v) is 10.1. The number of carbonyl (C=O) groups is 1. The number of benzene rings is 2. The maximum absolute atomic E-state index is 13.4. The maximum Gasteiger partial charge on any atom is 0.420 e. The zero-order valence-corrected chi connectivity index (χ0v) is 16.9. The Morgan fingerprint density at radius 2 is 1.76 bits per heavy atom. The number of amides is 1. The Morgan fingerprint density at radius 3 is 2.34 bits per heavy atom. The monoisotopic (exact) mass is 425 g/mol. The first-order valence-electron chi connectivity index (χ1n) is 9.68. The van der Waals surface area contributed by atoms with Gasteiger partial charge in [0.1, 0.15) is 5.75 Å². The van der Waals surface area contributed by atoms with E-state index in [4.69, 9.17) is 16.3 Å². The minimum absolute atomic E-state index is 0.102. The van der Waals surface area contributed by atoms with Gasteiger partial charge in [0.25, 0.3) is 0 Å². The Balaban J connectivity index is 1.93. The fraction of sp³-hybridized carbons (Fsp3) is 0.409. The van der Waals surface area contributed by atoms with Crippen LogP contribution < -0.4 is 10.1 Å². The fourth-order valence-corrected chi connectivity index (χ4v) is 4.06. The van der Waals surface area contributed by atoms with Gasteiger partial charge in [-0.25, -0.2) is 0 Å². The van der Waals surface area contributed by atoms with Gasteiger partial charge in [-0.2, -0.15) is 13.2 Å². The molecule has 0 spiro atoms. The summed E-state index contributed by atoms with van der Waals surface area (Å²) < 4.78 is 45.3. The lowest BCUT2D eigenvalue weighted by Crippen LogP contribution is -2.42. The summed E-state index contributed by atoms with van der Waals surface area (Å²) in [4.78, 5) is 13.3. The van der Waals surface area contributed by atoms with Gasteiger partial charge >= 0.3 is 6.18 Å². The van der Waals surface area contributed by atoms with Crippen molar-refractivity contribution in [2.75, 3.05) is 11.9 Å². The molecule has 3 rings (SSSR count). The number of alkyl halides is 3. The number of rotatable bonds is 5. The zero-order valence-electron chi connectivity index (χ0n) is 16.1. The summed E-state index contributed by atoms with van der Waals surface area (Å²) in [5, 5.41) is 3.29. The molecule has 1 amide bonds. The molecule has 0 saturated heterocycles. The van der Waals surface area contributed by atoms with E-state index in [0.29, 0.717) is 17.9 Å². The Labute approximate surface area is 173 Å². The summed E-state index contributed by atoms with van der Waals surface area (Å²) in [6.07, 6.45) is -0.499. The molecule has 1 aliphatic rings. The van der Waals surface area contributed by atoms with E-state index in [1.54, 1.807) is 19.1 Å². The molecule has 1 fully saturated rings. The van der Waals surface area contributed by atoms with Gasteiger partial charge in [0.2, 0.25) is 5.91 Å². The molecule has 0 unspecified atom stereocenters. The van der Waals surface area contributed by atoms with E-state index >= 15 is 0 Å². The Morgan fingerprint density at radius 1 is 1.10 bits per heavy atom. The topological polar surface area (TPSA) is 38.3 Å². The van der Waals surface area contributed by atoms with Crippen molar-refractivity contribution in [3.05, 3.63) is 58.6 Å². The van der Waals surface area contributed by atoms with Crippen LogP contribution in [-0.2, 0) is 16.4 Å². The summed E-state index contributed by atoms with van der Waals surface area (Å²) >= 11 is 5.99. The van der Waals surface area contributed by atoms with Crippen molar-refractivity contribution < 1.29 is 22.7 Å². The Hall–Kier alpha value is -2.21. The molecular weight excluding hydrogens is 403 g/mol. The summed E-state index contributed by atoms with van der Waals surface area (Å²) in [7, 11) is 0. The van der Waals surface area contributed by atoms with Gasteiger partial charge in [-0.15, -0.1) is 0 Å². The van der Waals surface area contributed by atoms with Crippen molar-refractivity contribution in [3.63, 3.8) is 0 Å². The number of halogens is 4. The molecule has 0 aliphatic heterocycles. The lowest BCUT2D eigenvalue weighted by molar-refractivity contribution is -0.139. The Bertz CT molecular complexity index is 859. The second kappa shape index (κ2) is 8.66. The van der Waals surface area contributed by atoms with E-state index in [1.165, 1.54) is 12.1 Å². The maximum atomic E-state index is 13.4. The first kappa shape index (κ1) is 21.5. The molecule has 0 atom stereocenters. The highest BCUT2D eigenvalue weighted by Crippen LogP contribution is 2.42. The Kier molecular flexibility index (Phi) is 6.42. The number of ether oxygens (including phenoxy) is 1. The highest BCUT2D eigenvalue weighted by Gasteiger charge is 2.41. The van der Waals surface area contributed by atoms with Gasteiger partial charge < -0.3 is 10.1 Å². The van der Waals surface area contributed by atoms with E-state index in [0.717, 1.165) is 30.9 Å². The van der Waals surface area contributed by atoms with Gasteiger partial charge in [-0.05, 0) is 55.7 Å².